The average Bonchev–Trinajstić information content (AvgIpc) is 2.89. The number of carbonyl (C=O) groups excluding carboxylic acids is 3. The van der Waals surface area contributed by atoms with Gasteiger partial charge in [0.05, 0.1) is 7.11 Å². The number of carboxylic acids is 1. The molecule has 2 aromatic carbocycles. The number of ether oxygens (including phenoxy) is 1. The largest absolute Gasteiger partial charge is 0.497 e. The smallest absolute Gasteiger partial charge is 0.328 e. The van der Waals surface area contributed by atoms with E-state index >= 15 is 0 Å². The van der Waals surface area contributed by atoms with E-state index in [1.807, 2.05) is 38.1 Å². The summed E-state index contributed by atoms with van der Waals surface area (Å²) >= 11 is 0. The number of benzene rings is 2. The summed E-state index contributed by atoms with van der Waals surface area (Å²) in [6, 6.07) is 10.5. The first-order chi connectivity index (χ1) is 17.2. The molecule has 10 heteroatoms. The molecule has 0 aliphatic heterocycles. The SMILES string of the molecule is CC.COc1cccc(CNC(=O)c2ccc(C(=O)NC(CNC(=O)CCCN)C(=O)O)c(C)c2)c1. The molecule has 0 heterocycles. The predicted molar refractivity (Wildman–Crippen MR) is 137 cm³/mol. The van der Waals surface area contributed by atoms with E-state index < -0.39 is 17.9 Å². The van der Waals surface area contributed by atoms with Crippen molar-refractivity contribution in [3.8, 4) is 5.75 Å². The van der Waals surface area contributed by atoms with Crippen LogP contribution in [0.2, 0.25) is 0 Å². The zero-order chi connectivity index (χ0) is 27.1. The summed E-state index contributed by atoms with van der Waals surface area (Å²) < 4.78 is 5.17. The molecule has 0 aliphatic carbocycles. The fourth-order valence-electron chi connectivity index (χ4n) is 3.13. The third-order valence-electron chi connectivity index (χ3n) is 5.04. The number of aryl methyl sites for hydroxylation is 1. The van der Waals surface area contributed by atoms with Gasteiger partial charge in [-0.3, -0.25) is 14.4 Å². The van der Waals surface area contributed by atoms with E-state index in [-0.39, 0.29) is 30.3 Å². The van der Waals surface area contributed by atoms with Crippen molar-refractivity contribution >= 4 is 23.7 Å². The predicted octanol–water partition coefficient (Wildman–Crippen LogP) is 2.00. The molecule has 2 rings (SSSR count). The van der Waals surface area contributed by atoms with E-state index in [2.05, 4.69) is 16.0 Å². The minimum atomic E-state index is -1.31. The van der Waals surface area contributed by atoms with Crippen molar-refractivity contribution < 1.29 is 29.0 Å². The van der Waals surface area contributed by atoms with Crippen LogP contribution in [0, 0.1) is 6.92 Å². The number of carbonyl (C=O) groups is 4. The summed E-state index contributed by atoms with van der Waals surface area (Å²) in [6.07, 6.45) is 0.659. The maximum absolute atomic E-state index is 12.6. The standard InChI is InChI=1S/C24H30N4O6.C2H6/c1-15-11-17(22(30)27-13-16-5-3-6-18(12-16)34-2)8-9-19(15)23(31)28-20(24(32)33)14-26-21(29)7-4-10-25;1-2/h3,5-6,8-9,11-12,20H,4,7,10,13-14,25H2,1-2H3,(H,26,29)(H,27,30)(H,28,31)(H,32,33);1-2H3. The van der Waals surface area contributed by atoms with Crippen molar-refractivity contribution in [2.75, 3.05) is 20.2 Å². The van der Waals surface area contributed by atoms with Crippen molar-refractivity contribution in [1.29, 1.82) is 0 Å². The van der Waals surface area contributed by atoms with E-state index in [9.17, 15) is 24.3 Å². The lowest BCUT2D eigenvalue weighted by Crippen LogP contribution is -2.48. The highest BCUT2D eigenvalue weighted by atomic mass is 16.5. The van der Waals surface area contributed by atoms with E-state index in [1.165, 1.54) is 12.1 Å². The molecule has 1 atom stereocenters. The Morgan fingerprint density at radius 2 is 1.75 bits per heavy atom. The molecule has 0 fully saturated rings. The molecule has 1 unspecified atom stereocenters. The van der Waals surface area contributed by atoms with Gasteiger partial charge in [0.2, 0.25) is 5.91 Å². The first kappa shape index (κ1) is 30.1. The first-order valence-electron chi connectivity index (χ1n) is 11.8. The molecule has 2 aromatic rings. The third-order valence-corrected chi connectivity index (χ3v) is 5.04. The Morgan fingerprint density at radius 3 is 2.36 bits per heavy atom. The lowest BCUT2D eigenvalue weighted by Gasteiger charge is -2.16. The highest BCUT2D eigenvalue weighted by Gasteiger charge is 2.22. The van der Waals surface area contributed by atoms with Gasteiger partial charge in [-0.2, -0.15) is 0 Å². The van der Waals surface area contributed by atoms with Gasteiger partial charge in [-0.15, -0.1) is 0 Å². The first-order valence-corrected chi connectivity index (χ1v) is 11.8. The van der Waals surface area contributed by atoms with Crippen molar-refractivity contribution in [2.24, 2.45) is 5.73 Å². The Kier molecular flexibility index (Phi) is 13.3. The number of hydrogen-bond donors (Lipinski definition) is 5. The number of amides is 3. The van der Waals surface area contributed by atoms with Crippen LogP contribution in [0.4, 0.5) is 0 Å². The summed E-state index contributed by atoms with van der Waals surface area (Å²) in [5.74, 6) is -1.87. The Hall–Kier alpha value is -3.92. The zero-order valence-corrected chi connectivity index (χ0v) is 21.2. The van der Waals surface area contributed by atoms with E-state index in [1.54, 1.807) is 20.1 Å². The number of carboxylic acid groups (broad SMARTS) is 1. The van der Waals surface area contributed by atoms with Crippen LogP contribution in [0.1, 0.15) is 58.5 Å². The van der Waals surface area contributed by atoms with Gasteiger partial charge in [0.1, 0.15) is 11.8 Å². The van der Waals surface area contributed by atoms with Gasteiger partial charge in [-0.25, -0.2) is 4.79 Å². The van der Waals surface area contributed by atoms with E-state index in [4.69, 9.17) is 10.5 Å². The van der Waals surface area contributed by atoms with Crippen LogP contribution >= 0.6 is 0 Å². The molecular weight excluding hydrogens is 464 g/mol. The number of methoxy groups -OCH3 is 1. The van der Waals surface area contributed by atoms with Crippen LogP contribution in [0.5, 0.6) is 5.75 Å². The lowest BCUT2D eigenvalue weighted by atomic mass is 10.0. The minimum Gasteiger partial charge on any atom is -0.497 e. The topological polar surface area (TPSA) is 160 Å². The van der Waals surface area contributed by atoms with Crippen LogP contribution in [0.15, 0.2) is 42.5 Å². The summed E-state index contributed by atoms with van der Waals surface area (Å²) in [4.78, 5) is 48.4. The van der Waals surface area contributed by atoms with Gasteiger partial charge >= 0.3 is 5.97 Å². The van der Waals surface area contributed by atoms with Gasteiger partial charge in [-0.05, 0) is 61.3 Å². The maximum atomic E-state index is 12.6. The quantitative estimate of drug-likeness (QED) is 0.298. The average molecular weight is 501 g/mol. The summed E-state index contributed by atoms with van der Waals surface area (Å²) in [5.41, 5.74) is 7.31. The molecular formula is C26H36N4O6. The highest BCUT2D eigenvalue weighted by Crippen LogP contribution is 2.14. The monoisotopic (exact) mass is 500 g/mol. The molecule has 196 valence electrons. The molecule has 0 aliphatic rings. The molecule has 10 nitrogen and oxygen atoms in total. The van der Waals surface area contributed by atoms with E-state index in [0.717, 1.165) is 5.56 Å². The van der Waals surface area contributed by atoms with Crippen LogP contribution in [-0.2, 0) is 16.1 Å². The Labute approximate surface area is 211 Å². The molecule has 6 N–H and O–H groups in total. The molecule has 0 radical (unpaired) electrons. The Morgan fingerprint density at radius 1 is 1.03 bits per heavy atom. The van der Waals surface area contributed by atoms with Gasteiger partial charge in [-0.1, -0.05) is 26.0 Å². The number of nitrogens with one attached hydrogen (secondary N) is 3. The van der Waals surface area contributed by atoms with Crippen molar-refractivity contribution in [1.82, 2.24) is 16.0 Å². The van der Waals surface area contributed by atoms with Crippen molar-refractivity contribution in [3.05, 3.63) is 64.7 Å². The second-order valence-electron chi connectivity index (χ2n) is 7.62. The summed E-state index contributed by atoms with van der Waals surface area (Å²) in [5, 5.41) is 17.1. The number of rotatable bonds is 12. The second-order valence-corrected chi connectivity index (χ2v) is 7.62. The van der Waals surface area contributed by atoms with Gasteiger partial charge < -0.3 is 31.5 Å². The van der Waals surface area contributed by atoms with Crippen LogP contribution < -0.4 is 26.4 Å². The summed E-state index contributed by atoms with van der Waals surface area (Å²) in [7, 11) is 1.57. The summed E-state index contributed by atoms with van der Waals surface area (Å²) in [6.45, 7) is 6.04. The Bertz CT molecular complexity index is 1040. The Balaban J connectivity index is 0.00000316. The third kappa shape index (κ3) is 9.75. The molecule has 0 spiro atoms. The molecule has 0 bridgehead atoms. The van der Waals surface area contributed by atoms with Gasteiger partial charge in [0.25, 0.3) is 11.8 Å². The van der Waals surface area contributed by atoms with Gasteiger partial charge in [0, 0.05) is 30.6 Å². The molecule has 0 saturated heterocycles. The lowest BCUT2D eigenvalue weighted by molar-refractivity contribution is -0.139. The zero-order valence-electron chi connectivity index (χ0n) is 21.2. The second kappa shape index (κ2) is 15.9. The number of hydrogen-bond acceptors (Lipinski definition) is 6. The molecule has 0 saturated carbocycles. The molecule has 36 heavy (non-hydrogen) atoms. The van der Waals surface area contributed by atoms with Crippen LogP contribution in [0.3, 0.4) is 0 Å². The van der Waals surface area contributed by atoms with Crippen molar-refractivity contribution in [2.45, 2.75) is 46.2 Å². The van der Waals surface area contributed by atoms with Crippen molar-refractivity contribution in [3.63, 3.8) is 0 Å². The fourth-order valence-corrected chi connectivity index (χ4v) is 3.13. The number of aliphatic carboxylic acids is 1. The molecule has 0 aromatic heterocycles. The molecule has 3 amide bonds. The van der Waals surface area contributed by atoms with Crippen LogP contribution in [-0.4, -0.2) is 55.0 Å². The van der Waals surface area contributed by atoms with Crippen LogP contribution in [0.25, 0.3) is 0 Å². The number of nitrogens with two attached hydrogens (primary N) is 1. The fraction of sp³-hybridized carbons (Fsp3) is 0.385. The normalized spacial score (nSPS) is 10.8. The maximum Gasteiger partial charge on any atom is 0.328 e. The van der Waals surface area contributed by atoms with E-state index in [0.29, 0.717) is 36.4 Å². The minimum absolute atomic E-state index is 0.178. The van der Waals surface area contributed by atoms with Gasteiger partial charge in [0.15, 0.2) is 0 Å². The highest BCUT2D eigenvalue weighted by molar-refractivity contribution is 6.00.